The van der Waals surface area contributed by atoms with Gasteiger partial charge in [0.15, 0.2) is 5.96 Å². The minimum atomic E-state index is -4.19. The van der Waals surface area contributed by atoms with E-state index in [0.29, 0.717) is 37.6 Å². The number of aryl methyl sites for hydroxylation is 1. The molecule has 1 heterocycles. The van der Waals surface area contributed by atoms with Gasteiger partial charge < -0.3 is 15.4 Å². The number of aliphatic imine (C=N–C) groups is 1. The molecule has 0 amide bonds. The molecule has 1 aromatic carbocycles. The quantitative estimate of drug-likeness (QED) is 0.414. The number of nitrogens with zero attached hydrogens (tertiary/aromatic N) is 2. The molecule has 1 unspecified atom stereocenters. The predicted molar refractivity (Wildman–Crippen MR) is 96.6 cm³/mol. The second-order valence-electron chi connectivity index (χ2n) is 6.80. The van der Waals surface area contributed by atoms with E-state index in [1.807, 2.05) is 6.92 Å². The molecule has 2 rings (SSSR count). The van der Waals surface area contributed by atoms with Gasteiger partial charge in [-0.15, -0.1) is 0 Å². The molecule has 1 atom stereocenters. The van der Waals surface area contributed by atoms with Crippen LogP contribution in [-0.2, 0) is 6.54 Å². The van der Waals surface area contributed by atoms with Crippen molar-refractivity contribution in [1.29, 1.82) is 0 Å². The number of alkyl halides is 5. The van der Waals surface area contributed by atoms with E-state index in [1.165, 1.54) is 11.0 Å². The minimum Gasteiger partial charge on any atom is -0.434 e. The van der Waals surface area contributed by atoms with Crippen LogP contribution >= 0.6 is 0 Å². The smallest absolute Gasteiger partial charge is 0.401 e. The Morgan fingerprint density at radius 1 is 1.32 bits per heavy atom. The fourth-order valence-electron chi connectivity index (χ4n) is 3.17. The molecule has 0 aliphatic carbocycles. The number of guanidine groups is 1. The standard InChI is InChI=1S/C18H25F5N4O/c1-12-3-4-15(28-16(19)20)14(7-12)9-26-17(24-2)25-8-13-5-6-27(10-13)11-18(21,22)23/h3-4,7,13,16H,5-6,8-11H2,1-2H3,(H2,24,25,26). The van der Waals surface area contributed by atoms with Crippen molar-refractivity contribution in [3.8, 4) is 5.75 Å². The predicted octanol–water partition coefficient (Wildman–Crippen LogP) is 3.15. The third kappa shape index (κ3) is 7.49. The van der Waals surface area contributed by atoms with Gasteiger partial charge in [0.25, 0.3) is 0 Å². The molecule has 158 valence electrons. The molecule has 28 heavy (non-hydrogen) atoms. The molecule has 1 saturated heterocycles. The largest absolute Gasteiger partial charge is 0.434 e. The molecule has 1 aliphatic rings. The van der Waals surface area contributed by atoms with Crippen molar-refractivity contribution in [3.05, 3.63) is 29.3 Å². The van der Waals surface area contributed by atoms with Gasteiger partial charge in [-0.3, -0.25) is 9.89 Å². The van der Waals surface area contributed by atoms with Crippen molar-refractivity contribution in [2.75, 3.05) is 33.2 Å². The van der Waals surface area contributed by atoms with Gasteiger partial charge in [0.1, 0.15) is 5.75 Å². The summed E-state index contributed by atoms with van der Waals surface area (Å²) >= 11 is 0. The monoisotopic (exact) mass is 408 g/mol. The van der Waals surface area contributed by atoms with E-state index in [9.17, 15) is 22.0 Å². The minimum absolute atomic E-state index is 0.0811. The average Bonchev–Trinajstić information content (AvgIpc) is 3.02. The van der Waals surface area contributed by atoms with Gasteiger partial charge in [-0.05, 0) is 31.9 Å². The van der Waals surface area contributed by atoms with Gasteiger partial charge in [0, 0.05) is 32.2 Å². The highest BCUT2D eigenvalue weighted by Crippen LogP contribution is 2.23. The van der Waals surface area contributed by atoms with Crippen LogP contribution in [0.3, 0.4) is 0 Å². The summed E-state index contributed by atoms with van der Waals surface area (Å²) in [5.41, 5.74) is 1.46. The fraction of sp³-hybridized carbons (Fsp3) is 0.611. The number of ether oxygens (including phenoxy) is 1. The summed E-state index contributed by atoms with van der Waals surface area (Å²) in [5.74, 6) is 0.610. The maximum atomic E-state index is 12.5. The molecule has 0 bridgehead atoms. The van der Waals surface area contributed by atoms with Crippen LogP contribution < -0.4 is 15.4 Å². The summed E-state index contributed by atoms with van der Waals surface area (Å²) in [6.45, 7) is -0.493. The zero-order chi connectivity index (χ0) is 20.7. The van der Waals surface area contributed by atoms with E-state index in [2.05, 4.69) is 20.4 Å². The maximum Gasteiger partial charge on any atom is 0.401 e. The van der Waals surface area contributed by atoms with Gasteiger partial charge in [-0.2, -0.15) is 22.0 Å². The topological polar surface area (TPSA) is 48.9 Å². The lowest BCUT2D eigenvalue weighted by Gasteiger charge is -2.19. The molecule has 5 nitrogen and oxygen atoms in total. The first-order chi connectivity index (χ1) is 13.2. The first kappa shape index (κ1) is 22.2. The highest BCUT2D eigenvalue weighted by molar-refractivity contribution is 5.79. The van der Waals surface area contributed by atoms with Crippen molar-refractivity contribution in [2.45, 2.75) is 32.7 Å². The van der Waals surface area contributed by atoms with E-state index in [4.69, 9.17) is 0 Å². The molecular formula is C18H25F5N4O. The number of benzene rings is 1. The maximum absolute atomic E-state index is 12.5. The second-order valence-corrected chi connectivity index (χ2v) is 6.80. The number of rotatable bonds is 7. The summed E-state index contributed by atoms with van der Waals surface area (Å²) in [5, 5.41) is 6.10. The van der Waals surface area contributed by atoms with Crippen LogP contribution in [0.25, 0.3) is 0 Å². The third-order valence-electron chi connectivity index (χ3n) is 4.43. The van der Waals surface area contributed by atoms with E-state index in [-0.39, 0.29) is 18.2 Å². The highest BCUT2D eigenvalue weighted by Gasteiger charge is 2.34. The van der Waals surface area contributed by atoms with E-state index in [1.54, 1.807) is 19.2 Å². The lowest BCUT2D eigenvalue weighted by Crippen LogP contribution is -2.40. The normalized spacial score (nSPS) is 18.6. The van der Waals surface area contributed by atoms with Gasteiger partial charge in [0.05, 0.1) is 6.54 Å². The molecule has 1 aromatic rings. The van der Waals surface area contributed by atoms with Gasteiger partial charge in [0.2, 0.25) is 0 Å². The highest BCUT2D eigenvalue weighted by atomic mass is 19.4. The summed E-state index contributed by atoms with van der Waals surface area (Å²) < 4.78 is 67.0. The van der Waals surface area contributed by atoms with Crippen molar-refractivity contribution in [3.63, 3.8) is 0 Å². The second kappa shape index (κ2) is 9.90. The first-order valence-electron chi connectivity index (χ1n) is 8.94. The van der Waals surface area contributed by atoms with Gasteiger partial charge in [-0.25, -0.2) is 0 Å². The summed E-state index contributed by atoms with van der Waals surface area (Å²) in [4.78, 5) is 5.46. The lowest BCUT2D eigenvalue weighted by molar-refractivity contribution is -0.143. The van der Waals surface area contributed by atoms with Crippen LogP contribution in [-0.4, -0.2) is 56.9 Å². The Labute approximate surface area is 161 Å². The summed E-state index contributed by atoms with van der Waals surface area (Å²) in [7, 11) is 1.56. The Kier molecular flexibility index (Phi) is 7.85. The number of likely N-dealkylation sites (tertiary alicyclic amines) is 1. The molecule has 0 radical (unpaired) electrons. The van der Waals surface area contributed by atoms with Crippen LogP contribution in [0.2, 0.25) is 0 Å². The fourth-order valence-corrected chi connectivity index (χ4v) is 3.17. The third-order valence-corrected chi connectivity index (χ3v) is 4.43. The SMILES string of the molecule is CN=C(NCc1cc(C)ccc1OC(F)F)NCC1CCN(CC(F)(F)F)C1. The number of nitrogens with one attached hydrogen (secondary N) is 2. The molecule has 0 spiro atoms. The van der Waals surface area contributed by atoms with E-state index in [0.717, 1.165) is 5.56 Å². The molecule has 10 heteroatoms. The van der Waals surface area contributed by atoms with E-state index >= 15 is 0 Å². The Morgan fingerprint density at radius 2 is 2.07 bits per heavy atom. The molecule has 0 aromatic heterocycles. The molecule has 0 saturated carbocycles. The van der Waals surface area contributed by atoms with Crippen LogP contribution in [0.5, 0.6) is 5.75 Å². The van der Waals surface area contributed by atoms with Crippen LogP contribution in [0.1, 0.15) is 17.5 Å². The van der Waals surface area contributed by atoms with Crippen LogP contribution in [0.4, 0.5) is 22.0 Å². The Morgan fingerprint density at radius 3 is 2.71 bits per heavy atom. The Bertz CT molecular complexity index is 666. The number of hydrogen-bond acceptors (Lipinski definition) is 3. The van der Waals surface area contributed by atoms with Crippen molar-refractivity contribution >= 4 is 5.96 Å². The van der Waals surface area contributed by atoms with Gasteiger partial charge >= 0.3 is 12.8 Å². The van der Waals surface area contributed by atoms with Crippen molar-refractivity contribution in [1.82, 2.24) is 15.5 Å². The zero-order valence-corrected chi connectivity index (χ0v) is 15.8. The van der Waals surface area contributed by atoms with Crippen LogP contribution in [0, 0.1) is 12.8 Å². The zero-order valence-electron chi connectivity index (χ0n) is 15.8. The Hall–Kier alpha value is -2.10. The summed E-state index contributed by atoms with van der Waals surface area (Å²) in [6, 6.07) is 4.91. The van der Waals surface area contributed by atoms with E-state index < -0.39 is 19.3 Å². The molecule has 1 fully saturated rings. The average molecular weight is 408 g/mol. The lowest BCUT2D eigenvalue weighted by atomic mass is 10.1. The molecule has 1 aliphatic heterocycles. The Balaban J connectivity index is 1.83. The first-order valence-corrected chi connectivity index (χ1v) is 8.94. The molecular weight excluding hydrogens is 383 g/mol. The number of hydrogen-bond donors (Lipinski definition) is 2. The van der Waals surface area contributed by atoms with Gasteiger partial charge in [-0.1, -0.05) is 17.7 Å². The molecule has 2 N–H and O–H groups in total. The van der Waals surface area contributed by atoms with Crippen molar-refractivity contribution in [2.24, 2.45) is 10.9 Å². The summed E-state index contributed by atoms with van der Waals surface area (Å²) in [6.07, 6.45) is -3.52. The number of halogens is 5. The van der Waals surface area contributed by atoms with Crippen LogP contribution in [0.15, 0.2) is 23.2 Å². The van der Waals surface area contributed by atoms with Crippen molar-refractivity contribution < 1.29 is 26.7 Å².